The maximum absolute atomic E-state index is 9.44. The molecule has 0 saturated heterocycles. The quantitative estimate of drug-likeness (QED) is 0.157. The zero-order chi connectivity index (χ0) is 40.8. The average molecular weight is 726 g/mol. The Kier molecular flexibility index (Phi) is 19.9. The summed E-state index contributed by atoms with van der Waals surface area (Å²) in [5.74, 6) is 0.167. The second-order valence-electron chi connectivity index (χ2n) is 13.7. The van der Waals surface area contributed by atoms with Crippen LogP contribution >= 0.6 is 0 Å². The van der Waals surface area contributed by atoms with E-state index in [9.17, 15) is 4.79 Å². The fourth-order valence-corrected chi connectivity index (χ4v) is 5.11. The van der Waals surface area contributed by atoms with Crippen LogP contribution in [0.15, 0.2) is 182 Å². The first-order chi connectivity index (χ1) is 26.2. The first kappa shape index (κ1) is 45.0. The molecule has 282 valence electrons. The summed E-state index contributed by atoms with van der Waals surface area (Å²) in [6, 6.07) is 53.8. The summed E-state index contributed by atoms with van der Waals surface area (Å²) < 4.78 is 0. The number of aliphatic imine (C=N–C) groups is 1. The van der Waals surface area contributed by atoms with Gasteiger partial charge in [0.05, 0.1) is 5.70 Å². The number of rotatable bonds is 6. The molecule has 2 nitrogen and oxygen atoms in total. The molecule has 0 saturated carbocycles. The molecule has 6 rings (SSSR count). The molecule has 0 radical (unpaired) electrons. The average Bonchev–Trinajstić information content (AvgIpc) is 3.17. The van der Waals surface area contributed by atoms with Crippen molar-refractivity contribution < 1.29 is 4.79 Å². The van der Waals surface area contributed by atoms with Gasteiger partial charge in [0.1, 0.15) is 5.78 Å². The number of nitrogens with zero attached hydrogens (tertiary/aromatic N) is 1. The number of allylic oxidation sites excluding steroid dienone is 2. The van der Waals surface area contributed by atoms with Crippen LogP contribution in [0.5, 0.6) is 0 Å². The molecule has 0 aliphatic heterocycles. The lowest BCUT2D eigenvalue weighted by atomic mass is 9.98. The Morgan fingerprint density at radius 2 is 0.909 bits per heavy atom. The van der Waals surface area contributed by atoms with E-state index in [4.69, 9.17) is 0 Å². The molecule has 0 unspecified atom stereocenters. The molecule has 0 N–H and O–H groups in total. The highest BCUT2D eigenvalue weighted by molar-refractivity contribution is 6.01. The summed E-state index contributed by atoms with van der Waals surface area (Å²) in [4.78, 5) is 14.0. The van der Waals surface area contributed by atoms with E-state index in [-0.39, 0.29) is 5.78 Å². The molecule has 55 heavy (non-hydrogen) atoms. The van der Waals surface area contributed by atoms with Crippen molar-refractivity contribution in [2.45, 2.75) is 62.3 Å². The monoisotopic (exact) mass is 725 g/mol. The second-order valence-corrected chi connectivity index (χ2v) is 13.7. The fourth-order valence-electron chi connectivity index (χ4n) is 5.11. The van der Waals surface area contributed by atoms with Crippen LogP contribution in [0.25, 0.3) is 28.0 Å². The third kappa shape index (κ3) is 17.5. The number of ketones is 1. The molecule has 0 fully saturated rings. The Hall–Kier alpha value is -6.12. The Balaban J connectivity index is 0.000000257. The van der Waals surface area contributed by atoms with E-state index in [0.29, 0.717) is 0 Å². The fraction of sp³-hybridized carbons (Fsp3) is 0.170. The standard InChI is InChI=1S/C17H18.C16H15N.C10H12.C7H8.C3H6O/c1-12(2)15-6-5-7-16(11-15)17-9-8-13(3)14(4)10-17;1-13(15-9-5-3-6-10-15)17-14(2)16-11-7-4-8-12-16;1-8(2)10-7-5-4-6-9(10)3;1-7-5-3-2-4-6-7;1-3(2)4/h5-11H,1H2,2-4H3;3-12H,1H2,2H3;4-7H,1H2,2-3H3;2-6H,1H3;1-2H3. The van der Waals surface area contributed by atoms with Gasteiger partial charge in [-0.15, -0.1) is 0 Å². The maximum atomic E-state index is 9.44. The van der Waals surface area contributed by atoms with Gasteiger partial charge >= 0.3 is 0 Å². The van der Waals surface area contributed by atoms with Gasteiger partial charge in [-0.3, -0.25) is 4.99 Å². The molecule has 6 aromatic rings. The molecular weight excluding hydrogens is 667 g/mol. The molecule has 0 aliphatic carbocycles. The number of Topliss-reactive ketones (excluding diaryl/α,β-unsaturated/α-hetero) is 1. The highest BCUT2D eigenvalue weighted by atomic mass is 16.1. The number of hydrogen-bond donors (Lipinski definition) is 0. The molecule has 0 spiro atoms. The molecule has 6 aromatic carbocycles. The Morgan fingerprint density at radius 1 is 0.436 bits per heavy atom. The minimum Gasteiger partial charge on any atom is -0.300 e. The minimum absolute atomic E-state index is 0.167. The third-order valence-corrected chi connectivity index (χ3v) is 8.34. The van der Waals surface area contributed by atoms with E-state index >= 15 is 0 Å². The number of carbonyl (C=O) groups is 1. The van der Waals surface area contributed by atoms with E-state index in [1.807, 2.05) is 99.6 Å². The largest absolute Gasteiger partial charge is 0.300 e. The summed E-state index contributed by atoms with van der Waals surface area (Å²) >= 11 is 0. The van der Waals surface area contributed by atoms with Crippen molar-refractivity contribution in [2.24, 2.45) is 4.99 Å². The lowest BCUT2D eigenvalue weighted by Crippen LogP contribution is -1.94. The molecule has 0 amide bonds. The van der Waals surface area contributed by atoms with Gasteiger partial charge in [0.15, 0.2) is 0 Å². The predicted octanol–water partition coefficient (Wildman–Crippen LogP) is 14.8. The van der Waals surface area contributed by atoms with Gasteiger partial charge in [-0.25, -0.2) is 0 Å². The van der Waals surface area contributed by atoms with Crippen LogP contribution in [0.2, 0.25) is 0 Å². The zero-order valence-electron chi connectivity index (χ0n) is 34.5. The van der Waals surface area contributed by atoms with Crippen molar-refractivity contribution in [1.82, 2.24) is 0 Å². The van der Waals surface area contributed by atoms with Crippen LogP contribution in [0, 0.1) is 27.7 Å². The summed E-state index contributed by atoms with van der Waals surface area (Å²) in [6.45, 7) is 29.5. The number of benzene rings is 6. The molecule has 2 heteroatoms. The lowest BCUT2D eigenvalue weighted by molar-refractivity contribution is -0.115. The number of aryl methyl sites for hydroxylation is 4. The lowest BCUT2D eigenvalue weighted by Gasteiger charge is -2.07. The van der Waals surface area contributed by atoms with Crippen LogP contribution in [0.4, 0.5) is 0 Å². The van der Waals surface area contributed by atoms with Crippen LogP contribution in [0.3, 0.4) is 0 Å². The van der Waals surface area contributed by atoms with Gasteiger partial charge in [0.25, 0.3) is 0 Å². The molecule has 0 atom stereocenters. The van der Waals surface area contributed by atoms with Crippen LogP contribution in [-0.2, 0) is 4.79 Å². The van der Waals surface area contributed by atoms with E-state index in [1.165, 1.54) is 58.4 Å². The summed E-state index contributed by atoms with van der Waals surface area (Å²) in [5, 5.41) is 0. The molecule has 0 aliphatic rings. The molecular formula is C53H59NO. The third-order valence-electron chi connectivity index (χ3n) is 8.34. The summed E-state index contributed by atoms with van der Waals surface area (Å²) in [5.41, 5.74) is 16.5. The van der Waals surface area contributed by atoms with Gasteiger partial charge in [0.2, 0.25) is 0 Å². The van der Waals surface area contributed by atoms with Crippen LogP contribution < -0.4 is 0 Å². The number of carbonyl (C=O) groups excluding carboxylic acids is 1. The topological polar surface area (TPSA) is 29.4 Å². The smallest absolute Gasteiger partial charge is 0.126 e. The minimum atomic E-state index is 0.167. The van der Waals surface area contributed by atoms with E-state index in [1.54, 1.807) is 0 Å². The Labute approximate surface area is 332 Å². The van der Waals surface area contributed by atoms with Crippen molar-refractivity contribution in [3.8, 4) is 11.1 Å². The van der Waals surface area contributed by atoms with Gasteiger partial charge in [-0.05, 0) is 118 Å². The Bertz CT molecular complexity index is 2130. The van der Waals surface area contributed by atoms with Gasteiger partial charge < -0.3 is 4.79 Å². The van der Waals surface area contributed by atoms with Crippen molar-refractivity contribution >= 4 is 28.3 Å². The normalized spacial score (nSPS) is 9.95. The second kappa shape index (κ2) is 24.2. The Morgan fingerprint density at radius 3 is 1.36 bits per heavy atom. The van der Waals surface area contributed by atoms with Gasteiger partial charge in [0, 0.05) is 5.71 Å². The molecule has 0 heterocycles. The molecule has 0 aromatic heterocycles. The molecule has 0 bridgehead atoms. The zero-order valence-corrected chi connectivity index (χ0v) is 34.5. The van der Waals surface area contributed by atoms with Gasteiger partial charge in [-0.1, -0.05) is 188 Å². The highest BCUT2D eigenvalue weighted by Gasteiger charge is 2.02. The SMILES string of the molecule is C=C(C)c1cccc(-c2ccc(C)c(C)c2)c1.C=C(C)c1ccccc1C.C=C(N=C(C)c1ccccc1)c1ccccc1.CC(C)=O.Cc1ccccc1. The first-order valence-electron chi connectivity index (χ1n) is 18.6. The summed E-state index contributed by atoms with van der Waals surface area (Å²) in [7, 11) is 0. The predicted molar refractivity (Wildman–Crippen MR) is 244 cm³/mol. The van der Waals surface area contributed by atoms with Crippen LogP contribution in [-0.4, -0.2) is 11.5 Å². The number of hydrogen-bond acceptors (Lipinski definition) is 2. The van der Waals surface area contributed by atoms with Gasteiger partial charge in [-0.2, -0.15) is 0 Å². The van der Waals surface area contributed by atoms with E-state index in [2.05, 4.69) is 131 Å². The highest BCUT2D eigenvalue weighted by Crippen LogP contribution is 2.25. The first-order valence-corrected chi connectivity index (χ1v) is 18.6. The van der Waals surface area contributed by atoms with E-state index < -0.39 is 0 Å². The van der Waals surface area contributed by atoms with Crippen molar-refractivity contribution in [2.75, 3.05) is 0 Å². The summed E-state index contributed by atoms with van der Waals surface area (Å²) in [6.07, 6.45) is 0. The van der Waals surface area contributed by atoms with E-state index in [0.717, 1.165) is 33.7 Å². The van der Waals surface area contributed by atoms with Crippen molar-refractivity contribution in [3.05, 3.63) is 222 Å². The van der Waals surface area contributed by atoms with Crippen LogP contribution in [0.1, 0.15) is 79.1 Å². The van der Waals surface area contributed by atoms with Crippen molar-refractivity contribution in [1.29, 1.82) is 0 Å². The maximum Gasteiger partial charge on any atom is 0.126 e. The van der Waals surface area contributed by atoms with Crippen molar-refractivity contribution in [3.63, 3.8) is 0 Å².